The Balaban J connectivity index is 0.000000937. The zero-order chi connectivity index (χ0) is 24.5. The van der Waals surface area contributed by atoms with E-state index in [-0.39, 0.29) is 16.8 Å². The predicted molar refractivity (Wildman–Crippen MR) is 101 cm³/mol. The van der Waals surface area contributed by atoms with Crippen LogP contribution in [0.15, 0.2) is 73.2 Å². The van der Waals surface area contributed by atoms with Gasteiger partial charge in [-0.1, -0.05) is 18.2 Å². The Morgan fingerprint density at radius 3 is 1.32 bits per heavy atom. The standard InChI is InChI=1S/C20H22N4.CH2O3.ClHO4.Co/c1-4-12-21-18(7-1)10-15-24(17-20-9-3-6-14-23-20)16-11-19-8-2-5-13-22-19;2-1(3)4;2-1(3,4)5;/h1-9,12-14H,10-11,15-17H2;(H2,2,3,4);(H,2,3,4,5);/q;;;+3/p-3. The van der Waals surface area contributed by atoms with Crippen LogP contribution in [0.2, 0.25) is 0 Å². The smallest absolute Gasteiger partial charge is 0.652 e. The predicted octanol–water partition coefficient (Wildman–Crippen LogP) is -4.05. The maximum absolute atomic E-state index is 8.49. The number of pyridine rings is 3. The Morgan fingerprint density at radius 1 is 0.706 bits per heavy atom. The molecular weight excluding hydrogens is 515 g/mol. The van der Waals surface area contributed by atoms with Crippen LogP contribution in [-0.4, -0.2) is 39.1 Å². The van der Waals surface area contributed by atoms with E-state index < -0.39 is 16.4 Å². The van der Waals surface area contributed by atoms with Crippen molar-refractivity contribution in [3.8, 4) is 0 Å². The molecule has 34 heavy (non-hydrogen) atoms. The second-order valence-corrected chi connectivity index (χ2v) is 7.12. The van der Waals surface area contributed by atoms with Crippen LogP contribution in [0.3, 0.4) is 0 Å². The van der Waals surface area contributed by atoms with E-state index in [1.807, 2.05) is 55.0 Å². The van der Waals surface area contributed by atoms with Crippen LogP contribution in [0, 0.1) is 10.2 Å². The summed E-state index contributed by atoms with van der Waals surface area (Å²) in [5, 5.41) is 16.7. The Morgan fingerprint density at radius 2 is 1.03 bits per heavy atom. The average molecular weight is 537 g/mol. The Kier molecular flexibility index (Phi) is 16.3. The van der Waals surface area contributed by atoms with Crippen LogP contribution < -0.4 is 28.8 Å². The molecule has 3 heterocycles. The van der Waals surface area contributed by atoms with Gasteiger partial charge in [0.15, 0.2) is 0 Å². The molecule has 0 radical (unpaired) electrons. The Labute approximate surface area is 209 Å². The minimum atomic E-state index is -4.94. The summed E-state index contributed by atoms with van der Waals surface area (Å²) in [6.45, 7) is 2.77. The zero-order valence-corrected chi connectivity index (χ0v) is 19.6. The molecule has 0 aliphatic heterocycles. The first-order chi connectivity index (χ1) is 15.6. The van der Waals surface area contributed by atoms with Crippen LogP contribution in [0.25, 0.3) is 0 Å². The van der Waals surface area contributed by atoms with Gasteiger partial charge in [0.2, 0.25) is 0 Å². The van der Waals surface area contributed by atoms with Crippen LogP contribution in [0.5, 0.6) is 0 Å². The summed E-state index contributed by atoms with van der Waals surface area (Å²) in [6, 6.07) is 18.2. The zero-order valence-electron chi connectivity index (χ0n) is 17.8. The minimum absolute atomic E-state index is 0. The van der Waals surface area contributed by atoms with E-state index in [1.54, 1.807) is 0 Å². The first-order valence-corrected chi connectivity index (χ1v) is 10.8. The minimum Gasteiger partial charge on any atom is -0.652 e. The van der Waals surface area contributed by atoms with Crippen LogP contribution in [-0.2, 0) is 36.2 Å². The normalized spacial score (nSPS) is 10.1. The Bertz CT molecular complexity index is 854. The number of carbonyl (C=O) groups is 1. The summed E-state index contributed by atoms with van der Waals surface area (Å²) in [7, 11) is -4.94. The molecule has 0 aliphatic carbocycles. The number of hydrogen-bond acceptors (Lipinski definition) is 11. The molecule has 0 bridgehead atoms. The molecule has 11 nitrogen and oxygen atoms in total. The van der Waals surface area contributed by atoms with Gasteiger partial charge in [0.1, 0.15) is 0 Å². The molecule has 0 saturated carbocycles. The molecule has 3 aromatic heterocycles. The van der Waals surface area contributed by atoms with Gasteiger partial charge in [0, 0.05) is 62.5 Å². The molecule has 0 spiro atoms. The fourth-order valence-corrected chi connectivity index (χ4v) is 2.63. The van der Waals surface area contributed by atoms with E-state index in [4.69, 9.17) is 33.6 Å². The van der Waals surface area contributed by atoms with E-state index in [0.717, 1.165) is 49.6 Å². The van der Waals surface area contributed by atoms with Crippen molar-refractivity contribution in [3.63, 3.8) is 0 Å². The fraction of sp³-hybridized carbons (Fsp3) is 0.238. The molecule has 0 amide bonds. The molecular formula is C21H22ClCoN4O7. The summed E-state index contributed by atoms with van der Waals surface area (Å²) < 4.78 is 34.0. The second kappa shape index (κ2) is 17.7. The molecule has 0 aliphatic rings. The van der Waals surface area contributed by atoms with Crippen LogP contribution in [0.1, 0.15) is 17.1 Å². The van der Waals surface area contributed by atoms with Gasteiger partial charge in [0.05, 0.1) is 5.69 Å². The van der Waals surface area contributed by atoms with Crippen molar-refractivity contribution in [1.82, 2.24) is 19.9 Å². The monoisotopic (exact) mass is 536 g/mol. The number of nitrogens with zero attached hydrogens (tertiary/aromatic N) is 4. The molecule has 3 rings (SSSR count). The number of hydrogen-bond donors (Lipinski definition) is 0. The summed E-state index contributed by atoms with van der Waals surface area (Å²) in [5.41, 5.74) is 3.35. The first kappa shape index (κ1) is 31.3. The van der Waals surface area contributed by atoms with E-state index in [9.17, 15) is 0 Å². The molecule has 13 heteroatoms. The molecule has 0 saturated heterocycles. The molecule has 3 aromatic rings. The van der Waals surface area contributed by atoms with Gasteiger partial charge >= 0.3 is 16.8 Å². The van der Waals surface area contributed by atoms with Crippen molar-refractivity contribution in [1.29, 1.82) is 0 Å². The van der Waals surface area contributed by atoms with E-state index in [1.165, 1.54) is 0 Å². The van der Waals surface area contributed by atoms with Crippen molar-refractivity contribution >= 4 is 6.16 Å². The van der Waals surface area contributed by atoms with E-state index >= 15 is 0 Å². The second-order valence-electron chi connectivity index (χ2n) is 6.37. The number of carboxylic acid groups (broad SMARTS) is 2. The number of aromatic nitrogens is 3. The third-order valence-corrected chi connectivity index (χ3v) is 3.93. The number of rotatable bonds is 8. The largest absolute Gasteiger partial charge is 3.00 e. The number of carbonyl (C=O) groups excluding carboxylic acids is 1. The maximum atomic E-state index is 8.49. The van der Waals surface area contributed by atoms with Gasteiger partial charge in [-0.3, -0.25) is 19.9 Å². The third kappa shape index (κ3) is 18.8. The van der Waals surface area contributed by atoms with Gasteiger partial charge < -0.3 is 15.0 Å². The number of halogens is 1. The summed E-state index contributed by atoms with van der Waals surface area (Å²) in [4.78, 5) is 24.1. The van der Waals surface area contributed by atoms with Gasteiger partial charge in [-0.05, 0) is 42.6 Å². The SMILES string of the molecule is O=C([O-])[O-].[Co+3].[O-][Cl+3]([O-])([O-])[O-].c1ccc(CCN(CCc2ccccn2)Cc2ccccn2)nc1. The summed E-state index contributed by atoms with van der Waals surface area (Å²) in [5.74, 6) is 0. The first-order valence-electron chi connectivity index (χ1n) is 9.55. The van der Waals surface area contributed by atoms with Gasteiger partial charge in [-0.2, -0.15) is 0 Å². The fourth-order valence-electron chi connectivity index (χ4n) is 2.63. The average Bonchev–Trinajstić information content (AvgIpc) is 2.76. The van der Waals surface area contributed by atoms with Crippen molar-refractivity contribution in [3.05, 3.63) is 90.3 Å². The van der Waals surface area contributed by atoms with Crippen LogP contribution in [0.4, 0.5) is 4.79 Å². The third-order valence-electron chi connectivity index (χ3n) is 3.93. The molecule has 0 aromatic carbocycles. The van der Waals surface area contributed by atoms with Crippen molar-refractivity contribution in [2.45, 2.75) is 19.4 Å². The van der Waals surface area contributed by atoms with Gasteiger partial charge in [-0.25, -0.2) is 18.6 Å². The van der Waals surface area contributed by atoms with Crippen LogP contribution >= 0.6 is 0 Å². The molecule has 0 N–H and O–H groups in total. The van der Waals surface area contributed by atoms with E-state index in [2.05, 4.69) is 38.1 Å². The van der Waals surface area contributed by atoms with Gasteiger partial charge in [0.25, 0.3) is 0 Å². The van der Waals surface area contributed by atoms with Crippen molar-refractivity contribution in [2.75, 3.05) is 13.1 Å². The van der Waals surface area contributed by atoms with Crippen molar-refractivity contribution < 1.29 is 60.7 Å². The maximum Gasteiger partial charge on any atom is 3.00 e. The van der Waals surface area contributed by atoms with Crippen molar-refractivity contribution in [2.24, 2.45) is 0 Å². The molecule has 0 atom stereocenters. The molecule has 0 unspecified atom stereocenters. The summed E-state index contributed by atoms with van der Waals surface area (Å²) in [6.07, 6.45) is 5.11. The van der Waals surface area contributed by atoms with Gasteiger partial charge in [-0.15, -0.1) is 10.2 Å². The quantitative estimate of drug-likeness (QED) is 0.271. The Hall–Kier alpha value is -2.68. The molecule has 184 valence electrons. The summed E-state index contributed by atoms with van der Waals surface area (Å²) >= 11 is 0. The van der Waals surface area contributed by atoms with E-state index in [0.29, 0.717) is 0 Å². The molecule has 0 fully saturated rings. The topological polar surface area (TPSA) is 197 Å².